The lowest BCUT2D eigenvalue weighted by Gasteiger charge is -2.35. The van der Waals surface area contributed by atoms with Gasteiger partial charge in [0.05, 0.1) is 5.56 Å². The van der Waals surface area contributed by atoms with Crippen molar-refractivity contribution in [2.45, 2.75) is 13.3 Å². The van der Waals surface area contributed by atoms with Crippen LogP contribution >= 0.6 is 0 Å². The maximum Gasteiger partial charge on any atom is 0.308 e. The highest BCUT2D eigenvalue weighted by atomic mass is 16.5. The standard InChI is InChI=1S/C23H22N2O4/c1-16(26)29-21-8-3-2-7-20(21)23(28)25-13-11-24(12-14-25)22(27)19-10-9-17-5-4-6-18(17)15-19/h2-5,7-10,15H,6,11-14H2,1H3. The quantitative estimate of drug-likeness (QED) is 0.597. The van der Waals surface area contributed by atoms with E-state index in [4.69, 9.17) is 4.74 Å². The van der Waals surface area contributed by atoms with Gasteiger partial charge in [-0.15, -0.1) is 0 Å². The Morgan fingerprint density at radius 1 is 0.897 bits per heavy atom. The molecule has 0 radical (unpaired) electrons. The van der Waals surface area contributed by atoms with Crippen molar-refractivity contribution in [2.75, 3.05) is 26.2 Å². The minimum atomic E-state index is -0.467. The summed E-state index contributed by atoms with van der Waals surface area (Å²) in [5, 5.41) is 0. The van der Waals surface area contributed by atoms with Gasteiger partial charge in [0.25, 0.3) is 11.8 Å². The van der Waals surface area contributed by atoms with Crippen LogP contribution in [0.4, 0.5) is 0 Å². The van der Waals surface area contributed by atoms with Gasteiger partial charge in [0.15, 0.2) is 0 Å². The number of amides is 2. The molecule has 1 saturated heterocycles. The molecule has 0 N–H and O–H groups in total. The molecule has 1 aliphatic heterocycles. The molecule has 6 heteroatoms. The van der Waals surface area contributed by atoms with Gasteiger partial charge in [0.1, 0.15) is 5.75 Å². The van der Waals surface area contributed by atoms with Gasteiger partial charge in [-0.3, -0.25) is 14.4 Å². The Balaban J connectivity index is 1.41. The molecule has 29 heavy (non-hydrogen) atoms. The second kappa shape index (κ2) is 7.91. The Morgan fingerprint density at radius 3 is 2.31 bits per heavy atom. The molecule has 0 aromatic heterocycles. The van der Waals surface area contributed by atoms with E-state index in [-0.39, 0.29) is 17.6 Å². The molecule has 2 aromatic carbocycles. The van der Waals surface area contributed by atoms with E-state index in [0.29, 0.717) is 37.3 Å². The lowest BCUT2D eigenvalue weighted by atomic mass is 10.0. The highest BCUT2D eigenvalue weighted by molar-refractivity contribution is 5.98. The van der Waals surface area contributed by atoms with E-state index in [0.717, 1.165) is 6.42 Å². The number of carbonyl (C=O) groups excluding carboxylic acids is 3. The van der Waals surface area contributed by atoms with Crippen molar-refractivity contribution in [3.63, 3.8) is 0 Å². The van der Waals surface area contributed by atoms with Gasteiger partial charge >= 0.3 is 5.97 Å². The predicted octanol–water partition coefficient (Wildman–Crippen LogP) is 2.78. The van der Waals surface area contributed by atoms with Crippen LogP contribution in [0, 0.1) is 0 Å². The molecule has 2 aromatic rings. The molecule has 2 aliphatic rings. The van der Waals surface area contributed by atoms with E-state index in [1.54, 1.807) is 34.1 Å². The Hall–Kier alpha value is -3.41. The molecular weight excluding hydrogens is 368 g/mol. The van der Waals surface area contributed by atoms with Crippen LogP contribution in [-0.2, 0) is 11.2 Å². The Morgan fingerprint density at radius 2 is 1.59 bits per heavy atom. The Labute approximate surface area is 169 Å². The van der Waals surface area contributed by atoms with Gasteiger partial charge in [0.2, 0.25) is 0 Å². The van der Waals surface area contributed by atoms with E-state index in [2.05, 4.69) is 12.2 Å². The summed E-state index contributed by atoms with van der Waals surface area (Å²) in [6.45, 7) is 3.11. The van der Waals surface area contributed by atoms with Crippen molar-refractivity contribution in [3.8, 4) is 5.75 Å². The molecular formula is C23H22N2O4. The van der Waals surface area contributed by atoms with Crippen molar-refractivity contribution in [1.82, 2.24) is 9.80 Å². The van der Waals surface area contributed by atoms with Crippen LogP contribution in [0.1, 0.15) is 38.8 Å². The zero-order chi connectivity index (χ0) is 20.4. The number of nitrogens with zero attached hydrogens (tertiary/aromatic N) is 2. The highest BCUT2D eigenvalue weighted by Crippen LogP contribution is 2.23. The summed E-state index contributed by atoms with van der Waals surface area (Å²) in [5.41, 5.74) is 3.39. The molecule has 1 fully saturated rings. The smallest absolute Gasteiger partial charge is 0.308 e. The first kappa shape index (κ1) is 18.9. The fourth-order valence-corrected chi connectivity index (χ4v) is 3.74. The number of hydrogen-bond acceptors (Lipinski definition) is 4. The van der Waals surface area contributed by atoms with Gasteiger partial charge in [-0.1, -0.05) is 30.4 Å². The van der Waals surface area contributed by atoms with Crippen molar-refractivity contribution < 1.29 is 19.1 Å². The molecule has 0 unspecified atom stereocenters. The van der Waals surface area contributed by atoms with Gasteiger partial charge < -0.3 is 14.5 Å². The first-order valence-electron chi connectivity index (χ1n) is 9.68. The fourth-order valence-electron chi connectivity index (χ4n) is 3.74. The van der Waals surface area contributed by atoms with E-state index in [1.807, 2.05) is 18.2 Å². The van der Waals surface area contributed by atoms with Gasteiger partial charge in [-0.05, 0) is 41.8 Å². The third-order valence-corrected chi connectivity index (χ3v) is 5.25. The van der Waals surface area contributed by atoms with Gasteiger partial charge in [-0.25, -0.2) is 0 Å². The largest absolute Gasteiger partial charge is 0.426 e. The molecule has 0 saturated carbocycles. The topological polar surface area (TPSA) is 66.9 Å². The third kappa shape index (κ3) is 3.92. The lowest BCUT2D eigenvalue weighted by Crippen LogP contribution is -2.50. The first-order chi connectivity index (χ1) is 14.0. The van der Waals surface area contributed by atoms with Crippen LogP contribution < -0.4 is 4.74 Å². The maximum absolute atomic E-state index is 12.9. The lowest BCUT2D eigenvalue weighted by molar-refractivity contribution is -0.131. The van der Waals surface area contributed by atoms with E-state index in [1.165, 1.54) is 18.1 Å². The number of carbonyl (C=O) groups is 3. The molecule has 0 spiro atoms. The fraction of sp³-hybridized carbons (Fsp3) is 0.261. The average Bonchev–Trinajstić information content (AvgIpc) is 3.21. The number of rotatable bonds is 3. The SMILES string of the molecule is CC(=O)Oc1ccccc1C(=O)N1CCN(C(=O)c2ccc3c(c2)CC=C3)CC1. The number of allylic oxidation sites excluding steroid dienone is 1. The van der Waals surface area contributed by atoms with Crippen LogP contribution in [0.25, 0.3) is 6.08 Å². The Kier molecular flexibility index (Phi) is 5.16. The zero-order valence-electron chi connectivity index (χ0n) is 16.3. The minimum Gasteiger partial charge on any atom is -0.426 e. The summed E-state index contributed by atoms with van der Waals surface area (Å²) in [5.74, 6) is -0.412. The summed E-state index contributed by atoms with van der Waals surface area (Å²) in [4.78, 5) is 40.5. The van der Waals surface area contributed by atoms with E-state index in [9.17, 15) is 14.4 Å². The molecule has 4 rings (SSSR count). The van der Waals surface area contributed by atoms with Crippen LogP contribution in [0.5, 0.6) is 5.75 Å². The first-order valence-corrected chi connectivity index (χ1v) is 9.68. The number of benzene rings is 2. The summed E-state index contributed by atoms with van der Waals surface area (Å²) >= 11 is 0. The molecule has 1 aliphatic carbocycles. The minimum absolute atomic E-state index is 0.00730. The van der Waals surface area contributed by atoms with Crippen molar-refractivity contribution in [2.24, 2.45) is 0 Å². The summed E-state index contributed by atoms with van der Waals surface area (Å²) in [6, 6.07) is 12.5. The van der Waals surface area contributed by atoms with Crippen molar-refractivity contribution in [1.29, 1.82) is 0 Å². The molecule has 0 bridgehead atoms. The molecule has 6 nitrogen and oxygen atoms in total. The molecule has 0 atom stereocenters. The number of esters is 1. The van der Waals surface area contributed by atoms with Crippen LogP contribution in [-0.4, -0.2) is 53.8 Å². The number of piperazine rings is 1. The maximum atomic E-state index is 12.9. The molecule has 2 amide bonds. The molecule has 148 valence electrons. The summed E-state index contributed by atoms with van der Waals surface area (Å²) in [6.07, 6.45) is 5.03. The zero-order valence-corrected chi connectivity index (χ0v) is 16.3. The number of hydrogen-bond donors (Lipinski definition) is 0. The monoisotopic (exact) mass is 390 g/mol. The second-order valence-corrected chi connectivity index (χ2v) is 7.19. The van der Waals surface area contributed by atoms with Crippen molar-refractivity contribution >= 4 is 23.9 Å². The summed E-state index contributed by atoms with van der Waals surface area (Å²) < 4.78 is 5.15. The number of para-hydroxylation sites is 1. The number of ether oxygens (including phenoxy) is 1. The van der Waals surface area contributed by atoms with Crippen LogP contribution in [0.2, 0.25) is 0 Å². The molecule has 1 heterocycles. The van der Waals surface area contributed by atoms with Crippen LogP contribution in [0.3, 0.4) is 0 Å². The van der Waals surface area contributed by atoms with Gasteiger partial charge in [0, 0.05) is 38.7 Å². The van der Waals surface area contributed by atoms with Gasteiger partial charge in [-0.2, -0.15) is 0 Å². The average molecular weight is 390 g/mol. The van der Waals surface area contributed by atoms with Crippen LogP contribution in [0.15, 0.2) is 48.5 Å². The highest BCUT2D eigenvalue weighted by Gasteiger charge is 2.27. The summed E-state index contributed by atoms with van der Waals surface area (Å²) in [7, 11) is 0. The van der Waals surface area contributed by atoms with Crippen molar-refractivity contribution in [3.05, 3.63) is 70.8 Å². The van der Waals surface area contributed by atoms with E-state index >= 15 is 0 Å². The number of fused-ring (bicyclic) bond motifs is 1. The third-order valence-electron chi connectivity index (χ3n) is 5.25. The second-order valence-electron chi connectivity index (χ2n) is 7.19. The predicted molar refractivity (Wildman–Crippen MR) is 109 cm³/mol. The normalized spacial score (nSPS) is 15.2. The Bertz CT molecular complexity index is 1000. The van der Waals surface area contributed by atoms with E-state index < -0.39 is 5.97 Å².